The Morgan fingerprint density at radius 1 is 0.867 bits per heavy atom. The Balaban J connectivity index is 3.03. The fourth-order valence-electron chi connectivity index (χ4n) is 2.20. The van der Waals surface area contributed by atoms with Gasteiger partial charge in [0.2, 0.25) is 0 Å². The monoisotopic (exact) mass is 220 g/mol. The molecular formula is C14H24Si. The van der Waals surface area contributed by atoms with Crippen LogP contribution < -0.4 is 0 Å². The first-order valence-corrected chi connectivity index (χ1v) is 8.12. The zero-order chi connectivity index (χ0) is 11.7. The summed E-state index contributed by atoms with van der Waals surface area (Å²) in [6.45, 7) is 14.5. The quantitative estimate of drug-likeness (QED) is 0.657. The summed E-state index contributed by atoms with van der Waals surface area (Å²) in [5, 5.41) is 0.860. The maximum atomic E-state index is 2.49. The van der Waals surface area contributed by atoms with Gasteiger partial charge in [0, 0.05) is 0 Å². The van der Waals surface area contributed by atoms with E-state index < -0.39 is 8.80 Å². The van der Waals surface area contributed by atoms with Crippen molar-refractivity contribution in [3.05, 3.63) is 35.9 Å². The van der Waals surface area contributed by atoms with E-state index in [0.29, 0.717) is 10.1 Å². The molecule has 84 valence electrons. The van der Waals surface area contributed by atoms with Crippen molar-refractivity contribution in [3.8, 4) is 0 Å². The first kappa shape index (κ1) is 12.5. The van der Waals surface area contributed by atoms with Gasteiger partial charge < -0.3 is 0 Å². The molecule has 1 atom stereocenters. The van der Waals surface area contributed by atoms with Crippen LogP contribution in [0.1, 0.15) is 40.2 Å². The molecule has 0 spiro atoms. The SMILES string of the molecule is C[SiH](C(C)(C)C)C(C)(C)c1ccccc1. The second-order valence-electron chi connectivity index (χ2n) is 6.18. The fourth-order valence-corrected chi connectivity index (χ4v) is 5.06. The summed E-state index contributed by atoms with van der Waals surface area (Å²) < 4.78 is 0. The summed E-state index contributed by atoms with van der Waals surface area (Å²) in [6, 6.07) is 11.0. The van der Waals surface area contributed by atoms with Crippen molar-refractivity contribution in [2.24, 2.45) is 0 Å². The normalized spacial score (nSPS) is 15.1. The van der Waals surface area contributed by atoms with Crippen LogP contribution in [0.4, 0.5) is 0 Å². The third kappa shape index (κ3) is 2.72. The number of hydrogen-bond donors (Lipinski definition) is 0. The van der Waals surface area contributed by atoms with Crippen LogP contribution in [0.15, 0.2) is 30.3 Å². The highest BCUT2D eigenvalue weighted by Gasteiger charge is 2.36. The second kappa shape index (κ2) is 4.13. The van der Waals surface area contributed by atoms with Crippen LogP contribution >= 0.6 is 0 Å². The first-order valence-electron chi connectivity index (χ1n) is 5.82. The average Bonchev–Trinajstić information content (AvgIpc) is 2.16. The van der Waals surface area contributed by atoms with Crippen molar-refractivity contribution in [2.45, 2.75) is 51.2 Å². The van der Waals surface area contributed by atoms with Crippen molar-refractivity contribution >= 4 is 8.80 Å². The summed E-state index contributed by atoms with van der Waals surface area (Å²) in [6.07, 6.45) is 0. The van der Waals surface area contributed by atoms with Gasteiger partial charge in [-0.1, -0.05) is 71.5 Å². The van der Waals surface area contributed by atoms with E-state index in [9.17, 15) is 0 Å². The molecule has 1 unspecified atom stereocenters. The Morgan fingerprint density at radius 2 is 1.33 bits per heavy atom. The van der Waals surface area contributed by atoms with Crippen molar-refractivity contribution < 1.29 is 0 Å². The molecule has 0 saturated carbocycles. The van der Waals surface area contributed by atoms with E-state index in [1.54, 1.807) is 0 Å². The van der Waals surface area contributed by atoms with Gasteiger partial charge in [0.15, 0.2) is 0 Å². The molecule has 15 heavy (non-hydrogen) atoms. The molecule has 0 nitrogen and oxygen atoms in total. The minimum atomic E-state index is -0.826. The molecule has 1 aromatic rings. The Hall–Kier alpha value is -0.563. The molecule has 0 bridgehead atoms. The van der Waals surface area contributed by atoms with Gasteiger partial charge in [-0.25, -0.2) is 0 Å². The highest BCUT2D eigenvalue weighted by atomic mass is 28.3. The van der Waals surface area contributed by atoms with Gasteiger partial charge in [-0.2, -0.15) is 0 Å². The summed E-state index contributed by atoms with van der Waals surface area (Å²) in [5.41, 5.74) is 1.50. The van der Waals surface area contributed by atoms with E-state index in [4.69, 9.17) is 0 Å². The Labute approximate surface area is 96.3 Å². The van der Waals surface area contributed by atoms with Crippen molar-refractivity contribution in [1.82, 2.24) is 0 Å². The highest BCUT2D eigenvalue weighted by molar-refractivity contribution is 6.63. The average molecular weight is 220 g/mol. The molecule has 0 aliphatic rings. The number of benzene rings is 1. The summed E-state index contributed by atoms with van der Waals surface area (Å²) in [4.78, 5) is 0. The lowest BCUT2D eigenvalue weighted by atomic mass is 10.0. The van der Waals surface area contributed by atoms with Gasteiger partial charge >= 0.3 is 0 Å². The van der Waals surface area contributed by atoms with Crippen LogP contribution in [0.5, 0.6) is 0 Å². The molecular weight excluding hydrogens is 196 g/mol. The minimum absolute atomic E-state index is 0.375. The van der Waals surface area contributed by atoms with Crippen molar-refractivity contribution in [1.29, 1.82) is 0 Å². The smallest absolute Gasteiger partial charge is 0.0504 e. The number of rotatable bonds is 2. The Bertz CT molecular complexity index is 306. The lowest BCUT2D eigenvalue weighted by Crippen LogP contribution is -2.42. The standard InChI is InChI=1S/C14H24Si/c1-13(2,3)15(6)14(4,5)12-10-8-7-9-11-12/h7-11,15H,1-6H3. The van der Waals surface area contributed by atoms with Crippen LogP contribution in [0.3, 0.4) is 0 Å². The lowest BCUT2D eigenvalue weighted by molar-refractivity contribution is 0.644. The molecule has 0 aliphatic heterocycles. The van der Waals surface area contributed by atoms with Gasteiger partial charge in [-0.3, -0.25) is 0 Å². The molecule has 0 heterocycles. The molecule has 0 N–H and O–H groups in total. The zero-order valence-electron chi connectivity index (χ0n) is 11.0. The van der Waals surface area contributed by atoms with Gasteiger partial charge in [0.1, 0.15) is 0 Å². The third-order valence-corrected chi connectivity index (χ3v) is 9.00. The predicted octanol–water partition coefficient (Wildman–Crippen LogP) is 4.16. The third-order valence-electron chi connectivity index (χ3n) is 3.90. The van der Waals surface area contributed by atoms with Crippen molar-refractivity contribution in [2.75, 3.05) is 0 Å². The maximum Gasteiger partial charge on any atom is 0.0504 e. The zero-order valence-corrected chi connectivity index (χ0v) is 12.1. The largest absolute Gasteiger partial charge is 0.0709 e. The molecule has 0 fully saturated rings. The van der Waals surface area contributed by atoms with E-state index >= 15 is 0 Å². The topological polar surface area (TPSA) is 0 Å². The first-order chi connectivity index (χ1) is 6.76. The summed E-state index contributed by atoms with van der Waals surface area (Å²) in [7, 11) is -0.826. The van der Waals surface area contributed by atoms with Crippen LogP contribution in [0.2, 0.25) is 11.6 Å². The van der Waals surface area contributed by atoms with Crippen LogP contribution in [-0.4, -0.2) is 8.80 Å². The van der Waals surface area contributed by atoms with E-state index in [1.807, 2.05) is 0 Å². The molecule has 1 aromatic carbocycles. The molecule has 1 heteroatoms. The van der Waals surface area contributed by atoms with Crippen LogP contribution in [0, 0.1) is 0 Å². The van der Waals surface area contributed by atoms with Crippen LogP contribution in [0.25, 0.3) is 0 Å². The Kier molecular flexibility index (Phi) is 3.44. The van der Waals surface area contributed by atoms with Gasteiger partial charge in [-0.15, -0.1) is 0 Å². The molecule has 0 aliphatic carbocycles. The summed E-state index contributed by atoms with van der Waals surface area (Å²) >= 11 is 0. The van der Waals surface area contributed by atoms with E-state index in [2.05, 4.69) is 71.5 Å². The lowest BCUT2D eigenvalue weighted by Gasteiger charge is -2.40. The Morgan fingerprint density at radius 3 is 1.73 bits per heavy atom. The van der Waals surface area contributed by atoms with E-state index in [-0.39, 0.29) is 0 Å². The highest BCUT2D eigenvalue weighted by Crippen LogP contribution is 2.39. The fraction of sp³-hybridized carbons (Fsp3) is 0.571. The van der Waals surface area contributed by atoms with E-state index in [1.165, 1.54) is 5.56 Å². The minimum Gasteiger partial charge on any atom is -0.0709 e. The summed E-state index contributed by atoms with van der Waals surface area (Å²) in [5.74, 6) is 0. The van der Waals surface area contributed by atoms with Gasteiger partial charge in [-0.05, 0) is 15.6 Å². The predicted molar refractivity (Wildman–Crippen MR) is 72.2 cm³/mol. The maximum absolute atomic E-state index is 2.49. The van der Waals surface area contributed by atoms with E-state index in [0.717, 1.165) is 0 Å². The molecule has 1 rings (SSSR count). The molecule has 0 radical (unpaired) electrons. The van der Waals surface area contributed by atoms with Gasteiger partial charge in [0.05, 0.1) is 8.80 Å². The molecule has 0 aromatic heterocycles. The molecule has 0 amide bonds. The van der Waals surface area contributed by atoms with Gasteiger partial charge in [0.25, 0.3) is 0 Å². The number of hydrogen-bond acceptors (Lipinski definition) is 0. The second-order valence-corrected chi connectivity index (χ2v) is 10.8. The molecule has 0 saturated heterocycles. The van der Waals surface area contributed by atoms with Crippen molar-refractivity contribution in [3.63, 3.8) is 0 Å². The van der Waals surface area contributed by atoms with Crippen LogP contribution in [-0.2, 0) is 5.04 Å².